The number of carbonyl (C=O) groups excluding carboxylic acids is 1. The number of ether oxygens (including phenoxy) is 1. The highest BCUT2D eigenvalue weighted by Gasteiger charge is 2.31. The summed E-state index contributed by atoms with van der Waals surface area (Å²) in [5, 5.41) is 0. The van der Waals surface area contributed by atoms with Crippen LogP contribution in [0.4, 0.5) is 11.6 Å². The minimum Gasteiger partial charge on any atom is -0.463 e. The van der Waals surface area contributed by atoms with Crippen LogP contribution in [-0.2, 0) is 24.3 Å². The molecule has 3 aromatic rings. The van der Waals surface area contributed by atoms with Crippen LogP contribution in [0, 0.1) is 0 Å². The summed E-state index contributed by atoms with van der Waals surface area (Å²) < 4.78 is 5.70. The Hall–Kier alpha value is -3.71. The molecule has 0 saturated carbocycles. The van der Waals surface area contributed by atoms with Crippen LogP contribution in [0.3, 0.4) is 0 Å². The van der Waals surface area contributed by atoms with Gasteiger partial charge in [-0.05, 0) is 54.6 Å². The smallest absolute Gasteiger partial charge is 0.320 e. The number of fused-ring (bicyclic) bond motifs is 1. The Bertz CT molecular complexity index is 1260. The van der Waals surface area contributed by atoms with Gasteiger partial charge in [0.2, 0.25) is 0 Å². The number of nitrogen functional groups attached to an aromatic ring is 1. The maximum Gasteiger partial charge on any atom is 0.320 e. The summed E-state index contributed by atoms with van der Waals surface area (Å²) in [7, 11) is 0. The molecule has 0 unspecified atom stereocenters. The summed E-state index contributed by atoms with van der Waals surface area (Å²) in [6, 6.07) is 17.3. The fourth-order valence-electron chi connectivity index (χ4n) is 4.94. The molecule has 2 aliphatic heterocycles. The highest BCUT2D eigenvalue weighted by molar-refractivity contribution is 6.08. The molecule has 0 atom stereocenters. The van der Waals surface area contributed by atoms with Gasteiger partial charge < -0.3 is 10.5 Å². The number of likely N-dealkylation sites (tertiary alicyclic amines) is 1. The van der Waals surface area contributed by atoms with Gasteiger partial charge in [0.1, 0.15) is 11.6 Å². The number of hydrogen-bond acceptors (Lipinski definition) is 6. The maximum atomic E-state index is 13.1. The van der Waals surface area contributed by atoms with Gasteiger partial charge in [0.25, 0.3) is 5.91 Å². The molecule has 5 rings (SSSR count). The second kappa shape index (κ2) is 11.1. The molecule has 2 N–H and O–H groups in total. The van der Waals surface area contributed by atoms with Gasteiger partial charge in [-0.2, -0.15) is 9.97 Å². The van der Waals surface area contributed by atoms with Crippen molar-refractivity contribution in [2.75, 3.05) is 30.3 Å². The lowest BCUT2D eigenvalue weighted by molar-refractivity contribution is -0.115. The highest BCUT2D eigenvalue weighted by Crippen LogP contribution is 2.34. The summed E-state index contributed by atoms with van der Waals surface area (Å²) in [4.78, 5) is 26.1. The minimum atomic E-state index is -0.150. The molecule has 7 heteroatoms. The normalized spacial score (nSPS) is 15.8. The zero-order valence-electron chi connectivity index (χ0n) is 21.6. The number of hydrogen-bond donors (Lipinski definition) is 1. The lowest BCUT2D eigenvalue weighted by atomic mass is 9.99. The van der Waals surface area contributed by atoms with Gasteiger partial charge in [-0.15, -0.1) is 0 Å². The van der Waals surface area contributed by atoms with Crippen molar-refractivity contribution in [2.45, 2.75) is 52.1 Å². The van der Waals surface area contributed by atoms with E-state index in [1.165, 1.54) is 37.1 Å². The molecule has 1 fully saturated rings. The van der Waals surface area contributed by atoms with Crippen molar-refractivity contribution in [3.63, 3.8) is 0 Å². The van der Waals surface area contributed by atoms with Crippen LogP contribution < -0.4 is 15.4 Å². The van der Waals surface area contributed by atoms with Crippen LogP contribution in [0.25, 0.3) is 11.1 Å². The molecule has 3 heterocycles. The Morgan fingerprint density at radius 3 is 2.19 bits per heavy atom. The Balaban J connectivity index is 1.32. The van der Waals surface area contributed by atoms with Crippen molar-refractivity contribution in [2.24, 2.45) is 0 Å². The molecular formula is C30H35N5O2. The molecule has 0 bridgehead atoms. The van der Waals surface area contributed by atoms with Gasteiger partial charge in [-0.25, -0.2) is 0 Å². The Labute approximate surface area is 219 Å². The number of anilines is 2. The van der Waals surface area contributed by atoms with E-state index in [4.69, 9.17) is 10.5 Å². The number of nitrogens with two attached hydrogens (primary N) is 1. The van der Waals surface area contributed by atoms with Crippen molar-refractivity contribution >= 4 is 17.5 Å². The summed E-state index contributed by atoms with van der Waals surface area (Å²) in [5.74, 6) is 0.690. The molecule has 1 amide bonds. The van der Waals surface area contributed by atoms with Crippen molar-refractivity contribution in [1.29, 1.82) is 0 Å². The SMILES string of the molecule is C=C1Cc2c(N)nc(OCCCC)nc2N(Cc2ccc(-c3ccc(CN4CCCC4)cc3)cc2)C1=O. The molecule has 2 aromatic carbocycles. The van der Waals surface area contributed by atoms with E-state index in [1.54, 1.807) is 4.90 Å². The van der Waals surface area contributed by atoms with Crippen molar-refractivity contribution in [1.82, 2.24) is 14.9 Å². The van der Waals surface area contributed by atoms with Crippen molar-refractivity contribution in [3.8, 4) is 17.1 Å². The van der Waals surface area contributed by atoms with Crippen LogP contribution in [0.1, 0.15) is 49.3 Å². The van der Waals surface area contributed by atoms with Gasteiger partial charge >= 0.3 is 6.01 Å². The fraction of sp³-hybridized carbons (Fsp3) is 0.367. The number of rotatable bonds is 9. The van der Waals surface area contributed by atoms with E-state index in [2.05, 4.69) is 76.9 Å². The van der Waals surface area contributed by atoms with Crippen molar-refractivity contribution in [3.05, 3.63) is 77.4 Å². The van der Waals surface area contributed by atoms with Crippen LogP contribution in [0.5, 0.6) is 6.01 Å². The van der Waals surface area contributed by atoms with Crippen molar-refractivity contribution < 1.29 is 9.53 Å². The number of amides is 1. The van der Waals surface area contributed by atoms with Gasteiger partial charge in [-0.3, -0.25) is 14.6 Å². The van der Waals surface area contributed by atoms with E-state index in [9.17, 15) is 4.79 Å². The summed E-state index contributed by atoms with van der Waals surface area (Å²) in [6.45, 7) is 10.4. The van der Waals surface area contributed by atoms with E-state index in [0.29, 0.717) is 36.8 Å². The van der Waals surface area contributed by atoms with E-state index in [0.717, 1.165) is 36.1 Å². The van der Waals surface area contributed by atoms with Gasteiger partial charge in [-0.1, -0.05) is 68.5 Å². The average molecular weight is 498 g/mol. The molecule has 2 aliphatic rings. The monoisotopic (exact) mass is 497 g/mol. The fourth-order valence-corrected chi connectivity index (χ4v) is 4.94. The second-order valence-corrected chi connectivity index (χ2v) is 9.94. The van der Waals surface area contributed by atoms with E-state index < -0.39 is 0 Å². The molecule has 0 spiro atoms. The molecule has 0 aliphatic carbocycles. The molecule has 192 valence electrons. The number of nitrogens with zero attached hydrogens (tertiary/aromatic N) is 4. The first-order valence-electron chi connectivity index (χ1n) is 13.2. The third-order valence-electron chi connectivity index (χ3n) is 7.11. The summed E-state index contributed by atoms with van der Waals surface area (Å²) in [6.07, 6.45) is 4.86. The first-order valence-corrected chi connectivity index (χ1v) is 13.2. The van der Waals surface area contributed by atoms with E-state index >= 15 is 0 Å². The number of benzene rings is 2. The molecule has 37 heavy (non-hydrogen) atoms. The predicted molar refractivity (Wildman–Crippen MR) is 147 cm³/mol. The first kappa shape index (κ1) is 25.0. The van der Waals surface area contributed by atoms with Crippen LogP contribution in [0.2, 0.25) is 0 Å². The second-order valence-electron chi connectivity index (χ2n) is 9.94. The predicted octanol–water partition coefficient (Wildman–Crippen LogP) is 5.15. The largest absolute Gasteiger partial charge is 0.463 e. The number of unbranched alkanes of at least 4 members (excludes halogenated alkanes) is 1. The van der Waals surface area contributed by atoms with Gasteiger partial charge in [0.05, 0.1) is 13.2 Å². The summed E-state index contributed by atoms with van der Waals surface area (Å²) >= 11 is 0. The molecule has 0 radical (unpaired) electrons. The third-order valence-corrected chi connectivity index (χ3v) is 7.11. The molecular weight excluding hydrogens is 462 g/mol. The lowest BCUT2D eigenvalue weighted by Gasteiger charge is -2.30. The number of aromatic nitrogens is 2. The highest BCUT2D eigenvalue weighted by atomic mass is 16.5. The first-order chi connectivity index (χ1) is 18.0. The van der Waals surface area contributed by atoms with Gasteiger partial charge in [0, 0.05) is 24.1 Å². The zero-order chi connectivity index (χ0) is 25.8. The zero-order valence-corrected chi connectivity index (χ0v) is 21.6. The quantitative estimate of drug-likeness (QED) is 0.325. The minimum absolute atomic E-state index is 0.150. The average Bonchev–Trinajstić information content (AvgIpc) is 3.42. The van der Waals surface area contributed by atoms with E-state index in [1.807, 2.05) is 0 Å². The lowest BCUT2D eigenvalue weighted by Crippen LogP contribution is -2.37. The molecule has 1 aromatic heterocycles. The van der Waals surface area contributed by atoms with Crippen LogP contribution in [-0.4, -0.2) is 40.5 Å². The van der Waals surface area contributed by atoms with Crippen LogP contribution in [0.15, 0.2) is 60.7 Å². The molecule has 7 nitrogen and oxygen atoms in total. The summed E-state index contributed by atoms with van der Waals surface area (Å²) in [5.41, 5.74) is 12.1. The molecule has 1 saturated heterocycles. The Morgan fingerprint density at radius 2 is 1.57 bits per heavy atom. The van der Waals surface area contributed by atoms with Gasteiger partial charge in [0.15, 0.2) is 0 Å². The van der Waals surface area contributed by atoms with E-state index in [-0.39, 0.29) is 11.9 Å². The Morgan fingerprint density at radius 1 is 0.946 bits per heavy atom. The third kappa shape index (κ3) is 5.67. The standard InChI is InChI=1S/C30H35N5O2/c1-3-4-17-37-30-32-27(31)26-18-21(2)29(36)35(28(26)33-30)20-23-9-13-25(14-10-23)24-11-7-22(8-12-24)19-34-15-5-6-16-34/h7-14H,2-6,15-20H2,1H3,(H2,31,32,33). The topological polar surface area (TPSA) is 84.6 Å². The number of carbonyl (C=O) groups is 1. The maximum absolute atomic E-state index is 13.1. The Kier molecular flexibility index (Phi) is 7.51. The van der Waals surface area contributed by atoms with Crippen LogP contribution >= 0.6 is 0 Å².